The zero-order chi connectivity index (χ0) is 20.0. The minimum atomic E-state index is -4.69. The highest BCUT2D eigenvalue weighted by molar-refractivity contribution is 5.52. The molecule has 3 nitrogen and oxygen atoms in total. The van der Waals surface area contributed by atoms with Gasteiger partial charge < -0.3 is 14.7 Å². The van der Waals surface area contributed by atoms with Gasteiger partial charge in [0.25, 0.3) is 0 Å². The van der Waals surface area contributed by atoms with Crippen LogP contribution in [-0.2, 0) is 6.54 Å². The van der Waals surface area contributed by atoms with Crippen LogP contribution in [0.25, 0.3) is 0 Å². The molecule has 0 aromatic heterocycles. The monoisotopic (exact) mass is 387 g/mol. The summed E-state index contributed by atoms with van der Waals surface area (Å²) in [6.07, 6.45) is -7.14. The van der Waals surface area contributed by atoms with Gasteiger partial charge in [-0.05, 0) is 29.8 Å². The third-order valence-corrected chi connectivity index (χ3v) is 4.15. The van der Waals surface area contributed by atoms with Crippen molar-refractivity contribution in [3.05, 3.63) is 90.5 Å². The van der Waals surface area contributed by atoms with Crippen molar-refractivity contribution < 1.29 is 23.0 Å². The molecule has 0 radical (unpaired) electrons. The lowest BCUT2D eigenvalue weighted by molar-refractivity contribution is -0.200. The van der Waals surface area contributed by atoms with Crippen molar-refractivity contribution in [2.24, 2.45) is 0 Å². The molecule has 0 spiro atoms. The second-order valence-corrected chi connectivity index (χ2v) is 6.34. The predicted octanol–water partition coefficient (Wildman–Crippen LogP) is 5.41. The number of nitrogens with zero attached hydrogens (tertiary/aromatic N) is 1. The number of halogens is 3. The lowest BCUT2D eigenvalue weighted by Crippen LogP contribution is -2.40. The van der Waals surface area contributed by atoms with Crippen molar-refractivity contribution in [2.75, 3.05) is 11.4 Å². The number of hydrogen-bond acceptors (Lipinski definition) is 3. The molecular weight excluding hydrogens is 367 g/mol. The molecule has 0 amide bonds. The Kier molecular flexibility index (Phi) is 6.21. The quantitative estimate of drug-likeness (QED) is 0.589. The molecular formula is C22H20F3NO2. The molecule has 0 aliphatic rings. The van der Waals surface area contributed by atoms with Crippen LogP contribution in [0.5, 0.6) is 11.5 Å². The van der Waals surface area contributed by atoms with E-state index < -0.39 is 18.8 Å². The van der Waals surface area contributed by atoms with Crippen molar-refractivity contribution in [2.45, 2.75) is 18.8 Å². The van der Waals surface area contributed by atoms with Crippen molar-refractivity contribution in [1.29, 1.82) is 0 Å². The maximum atomic E-state index is 12.9. The summed E-state index contributed by atoms with van der Waals surface area (Å²) in [5.41, 5.74) is 1.37. The molecule has 0 unspecified atom stereocenters. The highest BCUT2D eigenvalue weighted by Crippen LogP contribution is 2.29. The van der Waals surface area contributed by atoms with Gasteiger partial charge in [0.15, 0.2) is 6.10 Å². The average Bonchev–Trinajstić information content (AvgIpc) is 2.68. The first kappa shape index (κ1) is 19.8. The van der Waals surface area contributed by atoms with E-state index in [4.69, 9.17) is 4.74 Å². The van der Waals surface area contributed by atoms with Crippen LogP contribution in [0.4, 0.5) is 18.9 Å². The Bertz CT molecular complexity index is 870. The summed E-state index contributed by atoms with van der Waals surface area (Å²) in [5.74, 6) is 1.13. The SMILES string of the molecule is O[C@H](CN(Cc1ccccc1)c1cccc(Oc2ccccc2)c1)C(F)(F)F. The molecule has 146 valence electrons. The van der Waals surface area contributed by atoms with Gasteiger partial charge in [-0.1, -0.05) is 54.6 Å². The Hall–Kier alpha value is -2.99. The smallest absolute Gasteiger partial charge is 0.416 e. The minimum absolute atomic E-state index is 0.225. The maximum Gasteiger partial charge on any atom is 0.416 e. The zero-order valence-electron chi connectivity index (χ0n) is 15.0. The second kappa shape index (κ2) is 8.80. The Morgan fingerprint density at radius 2 is 1.43 bits per heavy atom. The van der Waals surface area contributed by atoms with Crippen LogP contribution >= 0.6 is 0 Å². The van der Waals surface area contributed by atoms with Gasteiger partial charge >= 0.3 is 6.18 Å². The number of alkyl halides is 3. The van der Waals surface area contributed by atoms with Gasteiger partial charge in [-0.3, -0.25) is 0 Å². The van der Waals surface area contributed by atoms with E-state index in [-0.39, 0.29) is 6.54 Å². The van der Waals surface area contributed by atoms with E-state index >= 15 is 0 Å². The maximum absolute atomic E-state index is 12.9. The minimum Gasteiger partial charge on any atom is -0.457 e. The molecule has 1 N–H and O–H groups in total. The Balaban J connectivity index is 1.85. The third-order valence-electron chi connectivity index (χ3n) is 4.15. The number of para-hydroxylation sites is 1. The molecule has 28 heavy (non-hydrogen) atoms. The summed E-state index contributed by atoms with van der Waals surface area (Å²) in [4.78, 5) is 1.49. The van der Waals surface area contributed by atoms with Crippen LogP contribution in [-0.4, -0.2) is 23.9 Å². The van der Waals surface area contributed by atoms with Gasteiger partial charge in [-0.15, -0.1) is 0 Å². The summed E-state index contributed by atoms with van der Waals surface area (Å²) < 4.78 is 44.6. The molecule has 3 rings (SSSR count). The van der Waals surface area contributed by atoms with Crippen molar-refractivity contribution in [1.82, 2.24) is 0 Å². The number of rotatable bonds is 7. The number of benzene rings is 3. The summed E-state index contributed by atoms with van der Waals surface area (Å²) in [6, 6.07) is 25.1. The highest BCUT2D eigenvalue weighted by Gasteiger charge is 2.39. The largest absolute Gasteiger partial charge is 0.457 e. The Morgan fingerprint density at radius 3 is 2.07 bits per heavy atom. The standard InChI is InChI=1S/C22H20F3NO2/c23-22(24,25)21(27)16-26(15-17-8-3-1-4-9-17)18-10-7-13-20(14-18)28-19-11-5-2-6-12-19/h1-14,21,27H,15-16H2/t21-/m1/s1. The molecule has 0 aliphatic carbocycles. The number of ether oxygens (including phenoxy) is 1. The van der Waals surface area contributed by atoms with E-state index in [0.717, 1.165) is 5.56 Å². The number of aliphatic hydroxyl groups excluding tert-OH is 1. The number of hydrogen-bond donors (Lipinski definition) is 1. The number of aliphatic hydroxyl groups is 1. The summed E-state index contributed by atoms with van der Waals surface area (Å²) in [5, 5.41) is 9.60. The highest BCUT2D eigenvalue weighted by atomic mass is 19.4. The molecule has 6 heteroatoms. The van der Waals surface area contributed by atoms with Crippen LogP contribution in [0.1, 0.15) is 5.56 Å². The van der Waals surface area contributed by atoms with Crippen LogP contribution in [0.3, 0.4) is 0 Å². The molecule has 0 bridgehead atoms. The molecule has 0 saturated heterocycles. The van der Waals surface area contributed by atoms with Crippen molar-refractivity contribution in [3.8, 4) is 11.5 Å². The van der Waals surface area contributed by atoms with Crippen LogP contribution < -0.4 is 9.64 Å². The topological polar surface area (TPSA) is 32.7 Å². The fourth-order valence-electron chi connectivity index (χ4n) is 2.75. The van der Waals surface area contributed by atoms with Gasteiger partial charge in [-0.2, -0.15) is 13.2 Å². The normalized spacial score (nSPS) is 12.4. The zero-order valence-corrected chi connectivity index (χ0v) is 15.0. The molecule has 0 fully saturated rings. The Labute approximate surface area is 161 Å². The van der Waals surface area contributed by atoms with E-state index in [0.29, 0.717) is 17.2 Å². The molecule has 1 atom stereocenters. The van der Waals surface area contributed by atoms with Gasteiger partial charge in [0.2, 0.25) is 0 Å². The van der Waals surface area contributed by atoms with Gasteiger partial charge in [0.1, 0.15) is 11.5 Å². The van der Waals surface area contributed by atoms with Crippen LogP contribution in [0.15, 0.2) is 84.9 Å². The van der Waals surface area contributed by atoms with E-state index in [1.54, 1.807) is 36.4 Å². The summed E-state index contributed by atoms with van der Waals surface area (Å²) >= 11 is 0. The summed E-state index contributed by atoms with van der Waals surface area (Å²) in [7, 11) is 0. The van der Waals surface area contributed by atoms with Gasteiger partial charge in [0, 0.05) is 18.3 Å². The summed E-state index contributed by atoms with van der Waals surface area (Å²) in [6.45, 7) is -0.351. The van der Waals surface area contributed by atoms with Crippen molar-refractivity contribution in [3.63, 3.8) is 0 Å². The third kappa shape index (κ3) is 5.50. The molecule has 3 aromatic rings. The van der Waals surface area contributed by atoms with E-state index in [1.165, 1.54) is 4.90 Å². The predicted molar refractivity (Wildman–Crippen MR) is 103 cm³/mol. The first-order chi connectivity index (χ1) is 13.4. The number of anilines is 1. The lowest BCUT2D eigenvalue weighted by Gasteiger charge is -2.28. The van der Waals surface area contributed by atoms with Crippen LogP contribution in [0, 0.1) is 0 Å². The fraction of sp³-hybridized carbons (Fsp3) is 0.182. The lowest BCUT2D eigenvalue weighted by atomic mass is 10.1. The Morgan fingerprint density at radius 1 is 0.821 bits per heavy atom. The van der Waals surface area contributed by atoms with Crippen LogP contribution in [0.2, 0.25) is 0 Å². The first-order valence-electron chi connectivity index (χ1n) is 8.78. The van der Waals surface area contributed by atoms with E-state index in [1.807, 2.05) is 48.5 Å². The fourth-order valence-corrected chi connectivity index (χ4v) is 2.75. The first-order valence-corrected chi connectivity index (χ1v) is 8.78. The average molecular weight is 387 g/mol. The van der Waals surface area contributed by atoms with Crippen molar-refractivity contribution >= 4 is 5.69 Å². The van der Waals surface area contributed by atoms with Gasteiger partial charge in [0.05, 0.1) is 6.54 Å². The second-order valence-electron chi connectivity index (χ2n) is 6.34. The molecule has 0 aliphatic heterocycles. The van der Waals surface area contributed by atoms with E-state index in [9.17, 15) is 18.3 Å². The van der Waals surface area contributed by atoms with Gasteiger partial charge in [-0.25, -0.2) is 0 Å². The molecule has 3 aromatic carbocycles. The molecule has 0 heterocycles. The van der Waals surface area contributed by atoms with E-state index in [2.05, 4.69) is 0 Å². The molecule has 0 saturated carbocycles.